The van der Waals surface area contributed by atoms with E-state index in [1.54, 1.807) is 13.0 Å². The number of nitrogen functional groups attached to an aromatic ring is 1. The second-order valence-corrected chi connectivity index (χ2v) is 8.37. The summed E-state index contributed by atoms with van der Waals surface area (Å²) in [5, 5.41) is 7.33. The molecule has 0 aliphatic carbocycles. The van der Waals surface area contributed by atoms with Crippen LogP contribution in [0.3, 0.4) is 0 Å². The summed E-state index contributed by atoms with van der Waals surface area (Å²) in [6.45, 7) is 1.29. The molecule has 1 atom stereocenters. The Morgan fingerprint density at radius 2 is 1.94 bits per heavy atom. The fraction of sp³-hybridized carbons (Fsp3) is 0.182. The van der Waals surface area contributed by atoms with Crippen LogP contribution < -0.4 is 5.73 Å². The minimum atomic E-state index is -4.66. The van der Waals surface area contributed by atoms with Crippen LogP contribution in [-0.2, 0) is 12.7 Å². The number of rotatable bonds is 5. The maximum Gasteiger partial charge on any atom is 0.435 e. The summed E-state index contributed by atoms with van der Waals surface area (Å²) in [5.41, 5.74) is 5.10. The molecule has 1 amide bonds. The number of hydrogen-bond donors (Lipinski definition) is 1. The second-order valence-electron chi connectivity index (χ2n) is 7.51. The van der Waals surface area contributed by atoms with Crippen molar-refractivity contribution >= 4 is 38.7 Å². The van der Waals surface area contributed by atoms with Crippen molar-refractivity contribution in [2.75, 3.05) is 5.73 Å². The molecule has 4 aromatic rings. The van der Waals surface area contributed by atoms with Crippen LogP contribution in [0.15, 0.2) is 53.3 Å². The van der Waals surface area contributed by atoms with Gasteiger partial charge in [-0.1, -0.05) is 0 Å². The molecule has 180 valence electrons. The van der Waals surface area contributed by atoms with Crippen LogP contribution in [0.5, 0.6) is 0 Å². The van der Waals surface area contributed by atoms with Crippen LogP contribution in [0.4, 0.5) is 23.4 Å². The van der Waals surface area contributed by atoms with E-state index < -0.39 is 29.6 Å². The summed E-state index contributed by atoms with van der Waals surface area (Å²) in [6.07, 6.45) is -1.99. The number of fused-ring (bicyclic) bond motifs is 1. The zero-order valence-corrected chi connectivity index (χ0v) is 19.5. The quantitative estimate of drug-likeness (QED) is 0.358. The summed E-state index contributed by atoms with van der Waals surface area (Å²) < 4.78 is 53.6. The Bertz CT molecular complexity index is 1400. The monoisotopic (exact) mass is 549 g/mol. The summed E-state index contributed by atoms with van der Waals surface area (Å²) in [6, 6.07) is 6.76. The van der Waals surface area contributed by atoms with Crippen LogP contribution in [-0.4, -0.2) is 36.0 Å². The van der Waals surface area contributed by atoms with Crippen molar-refractivity contribution in [3.05, 3.63) is 81.7 Å². The average Bonchev–Trinajstić information content (AvgIpc) is 2.82. The first-order valence-electron chi connectivity index (χ1n) is 10.1. The summed E-state index contributed by atoms with van der Waals surface area (Å²) >= 11 is 3.28. The van der Waals surface area contributed by atoms with Crippen molar-refractivity contribution in [2.45, 2.75) is 25.7 Å². The summed E-state index contributed by atoms with van der Waals surface area (Å²) in [7, 11) is 0. The maximum atomic E-state index is 14.5. The smallest absolute Gasteiger partial charge is 0.383 e. The van der Waals surface area contributed by atoms with Crippen LogP contribution in [0.25, 0.3) is 11.0 Å². The largest absolute Gasteiger partial charge is 0.435 e. The number of alkyl halides is 3. The van der Waals surface area contributed by atoms with Gasteiger partial charge in [-0.05, 0) is 59.3 Å². The Morgan fingerprint density at radius 1 is 1.17 bits per heavy atom. The van der Waals surface area contributed by atoms with Crippen molar-refractivity contribution in [1.82, 2.24) is 30.0 Å². The Kier molecular flexibility index (Phi) is 6.61. The van der Waals surface area contributed by atoms with Gasteiger partial charge in [0.1, 0.15) is 11.6 Å². The van der Waals surface area contributed by atoms with Crippen LogP contribution in [0, 0.1) is 5.82 Å². The highest BCUT2D eigenvalue weighted by Crippen LogP contribution is 2.29. The number of aromatic nitrogens is 5. The minimum Gasteiger partial charge on any atom is -0.383 e. The van der Waals surface area contributed by atoms with E-state index in [-0.39, 0.29) is 29.3 Å². The lowest BCUT2D eigenvalue weighted by Crippen LogP contribution is -2.34. The Hall–Kier alpha value is -3.74. The van der Waals surface area contributed by atoms with E-state index >= 15 is 0 Å². The number of pyridine rings is 3. The van der Waals surface area contributed by atoms with Crippen molar-refractivity contribution in [1.29, 1.82) is 0 Å². The van der Waals surface area contributed by atoms with E-state index in [1.165, 1.54) is 35.5 Å². The first-order valence-corrected chi connectivity index (χ1v) is 10.9. The number of carbonyl (C=O) groups is 1. The molecule has 8 nitrogen and oxygen atoms in total. The van der Waals surface area contributed by atoms with Gasteiger partial charge in [-0.3, -0.25) is 9.78 Å². The predicted molar refractivity (Wildman–Crippen MR) is 121 cm³/mol. The van der Waals surface area contributed by atoms with Crippen molar-refractivity contribution < 1.29 is 22.4 Å². The van der Waals surface area contributed by atoms with E-state index in [1.807, 2.05) is 0 Å². The van der Waals surface area contributed by atoms with Gasteiger partial charge in [0.05, 0.1) is 34.0 Å². The number of amides is 1. The molecule has 0 saturated heterocycles. The Labute approximate surface area is 204 Å². The molecule has 13 heteroatoms. The molecular formula is C22H16BrF4N7O. The van der Waals surface area contributed by atoms with Gasteiger partial charge in [-0.25, -0.2) is 14.4 Å². The molecule has 0 aliphatic rings. The van der Waals surface area contributed by atoms with Crippen molar-refractivity contribution in [3.63, 3.8) is 0 Å². The molecule has 0 aliphatic heterocycles. The summed E-state index contributed by atoms with van der Waals surface area (Å²) in [4.78, 5) is 27.1. The van der Waals surface area contributed by atoms with Crippen molar-refractivity contribution in [2.24, 2.45) is 0 Å². The third-order valence-corrected chi connectivity index (χ3v) is 5.78. The fourth-order valence-corrected chi connectivity index (χ4v) is 3.68. The molecular weight excluding hydrogens is 534 g/mol. The topological polar surface area (TPSA) is 111 Å². The molecule has 4 heterocycles. The van der Waals surface area contributed by atoms with Crippen LogP contribution >= 0.6 is 15.9 Å². The summed E-state index contributed by atoms with van der Waals surface area (Å²) in [5.74, 6) is -0.992. The molecule has 0 spiro atoms. The van der Waals surface area contributed by atoms with Gasteiger partial charge in [0.15, 0.2) is 11.3 Å². The number of hydrogen-bond acceptors (Lipinski definition) is 7. The zero-order valence-electron chi connectivity index (χ0n) is 18.0. The van der Waals surface area contributed by atoms with E-state index in [2.05, 4.69) is 41.1 Å². The minimum absolute atomic E-state index is 0.0216. The molecule has 0 fully saturated rings. The van der Waals surface area contributed by atoms with E-state index in [0.717, 1.165) is 12.1 Å². The highest BCUT2D eigenvalue weighted by Gasteiger charge is 2.33. The van der Waals surface area contributed by atoms with Gasteiger partial charge >= 0.3 is 6.18 Å². The predicted octanol–water partition coefficient (Wildman–Crippen LogP) is 4.72. The van der Waals surface area contributed by atoms with Gasteiger partial charge in [0, 0.05) is 17.8 Å². The number of carbonyl (C=O) groups excluding carboxylic acids is 1. The van der Waals surface area contributed by atoms with E-state index in [4.69, 9.17) is 5.73 Å². The molecule has 0 bridgehead atoms. The number of anilines is 1. The lowest BCUT2D eigenvalue weighted by atomic mass is 10.1. The third-order valence-electron chi connectivity index (χ3n) is 5.15. The molecule has 2 N–H and O–H groups in total. The Balaban J connectivity index is 1.73. The van der Waals surface area contributed by atoms with Gasteiger partial charge in [0.25, 0.3) is 5.91 Å². The first kappa shape index (κ1) is 24.4. The highest BCUT2D eigenvalue weighted by atomic mass is 79.9. The van der Waals surface area contributed by atoms with Gasteiger partial charge in [0.2, 0.25) is 0 Å². The van der Waals surface area contributed by atoms with E-state index in [9.17, 15) is 22.4 Å². The second kappa shape index (κ2) is 9.49. The molecule has 0 radical (unpaired) electrons. The third kappa shape index (κ3) is 5.19. The normalized spacial score (nSPS) is 12.5. The Morgan fingerprint density at radius 3 is 2.60 bits per heavy atom. The average molecular weight is 550 g/mol. The van der Waals surface area contributed by atoms with Crippen molar-refractivity contribution in [3.8, 4) is 0 Å². The van der Waals surface area contributed by atoms with Gasteiger partial charge in [-0.15, -0.1) is 5.10 Å². The molecule has 4 rings (SSSR count). The molecule has 0 saturated carbocycles. The zero-order chi connectivity index (χ0) is 25.3. The van der Waals surface area contributed by atoms with Gasteiger partial charge < -0.3 is 10.6 Å². The number of nitrogens with two attached hydrogens (primary N) is 1. The first-order chi connectivity index (χ1) is 16.5. The highest BCUT2D eigenvalue weighted by molar-refractivity contribution is 9.10. The molecule has 0 unspecified atom stereocenters. The number of halogens is 5. The lowest BCUT2D eigenvalue weighted by Gasteiger charge is -2.29. The number of nitrogens with zero attached hydrogens (tertiary/aromatic N) is 6. The molecule has 0 aromatic carbocycles. The molecule has 4 aromatic heterocycles. The fourth-order valence-electron chi connectivity index (χ4n) is 3.34. The van der Waals surface area contributed by atoms with Gasteiger partial charge in [-0.2, -0.15) is 18.3 Å². The lowest BCUT2D eigenvalue weighted by molar-refractivity contribution is -0.141. The van der Waals surface area contributed by atoms with E-state index in [0.29, 0.717) is 15.5 Å². The maximum absolute atomic E-state index is 14.5. The van der Waals surface area contributed by atoms with Crippen LogP contribution in [0.1, 0.15) is 40.4 Å². The molecule has 35 heavy (non-hydrogen) atoms. The van der Waals surface area contributed by atoms with Crippen LogP contribution in [0.2, 0.25) is 0 Å². The SMILES string of the molecule is C[C@H](c1ncccc1F)N(Cc1ccc(C(F)(F)F)nn1)C(=O)c1cnc2nc(N)c(Br)cc2c1. The standard InChI is InChI=1S/C22H16BrF4N7O/c1-11(18-16(24)3-2-6-29-18)34(10-14-4-5-17(33-32-14)22(25,26)27)21(35)13-7-12-8-15(23)19(28)31-20(12)30-9-13/h2-9,11H,10H2,1H3,(H2,28,30,31)/t11-/m1/s1.